The molecule has 0 aliphatic carbocycles. The van der Waals surface area contributed by atoms with E-state index in [2.05, 4.69) is 34.7 Å². The summed E-state index contributed by atoms with van der Waals surface area (Å²) in [6.45, 7) is 14.0. The SMILES string of the molecule is CCNCC.COc1cc(O)c(-c2nnc(C(=O)NC(C)C)n2-c2ccc(S(=O)[O-])cc2)cc1C(C)C. The van der Waals surface area contributed by atoms with Crippen LogP contribution in [0.5, 0.6) is 11.5 Å². The van der Waals surface area contributed by atoms with Crippen LogP contribution in [-0.2, 0) is 11.1 Å². The summed E-state index contributed by atoms with van der Waals surface area (Å²) in [5.74, 6) is 0.325. The zero-order chi connectivity index (χ0) is 27.7. The van der Waals surface area contributed by atoms with Crippen LogP contribution in [-0.4, -0.2) is 60.8 Å². The van der Waals surface area contributed by atoms with Gasteiger partial charge in [-0.15, -0.1) is 10.2 Å². The van der Waals surface area contributed by atoms with Crippen LogP contribution in [0.4, 0.5) is 0 Å². The molecule has 10 nitrogen and oxygen atoms in total. The Balaban J connectivity index is 0.000000877. The fraction of sp³-hybridized carbons (Fsp3) is 0.423. The Hall–Kier alpha value is -3.28. The van der Waals surface area contributed by atoms with Crippen LogP contribution < -0.4 is 15.4 Å². The van der Waals surface area contributed by atoms with Crippen LogP contribution in [0, 0.1) is 0 Å². The highest BCUT2D eigenvalue weighted by Gasteiger charge is 2.25. The number of nitrogens with zero attached hydrogens (tertiary/aromatic N) is 3. The number of aromatic nitrogens is 3. The molecule has 0 radical (unpaired) electrons. The lowest BCUT2D eigenvalue weighted by atomic mass is 9.98. The summed E-state index contributed by atoms with van der Waals surface area (Å²) in [6.07, 6.45) is 0. The number of benzene rings is 2. The maximum Gasteiger partial charge on any atom is 0.289 e. The number of phenolic OH excluding ortho intramolecular Hbond substituents is 1. The molecule has 0 fully saturated rings. The van der Waals surface area contributed by atoms with Gasteiger partial charge in [-0.05, 0) is 79.8 Å². The predicted octanol–water partition coefficient (Wildman–Crippen LogP) is 3.76. The lowest BCUT2D eigenvalue weighted by Crippen LogP contribution is -2.32. The number of phenols is 1. The molecule has 1 unspecified atom stereocenters. The van der Waals surface area contributed by atoms with E-state index in [9.17, 15) is 18.7 Å². The van der Waals surface area contributed by atoms with Gasteiger partial charge in [-0.2, -0.15) is 0 Å². The number of hydrogen-bond acceptors (Lipinski definition) is 8. The Labute approximate surface area is 220 Å². The van der Waals surface area contributed by atoms with Crippen LogP contribution in [0.2, 0.25) is 0 Å². The molecule has 1 amide bonds. The Bertz CT molecular complexity index is 1210. The van der Waals surface area contributed by atoms with Gasteiger partial charge in [0.15, 0.2) is 5.82 Å². The normalized spacial score (nSPS) is 11.7. The molecule has 3 N–H and O–H groups in total. The second-order valence-corrected chi connectivity index (χ2v) is 9.70. The zero-order valence-corrected chi connectivity index (χ0v) is 23.2. The van der Waals surface area contributed by atoms with Gasteiger partial charge in [-0.1, -0.05) is 27.7 Å². The van der Waals surface area contributed by atoms with E-state index in [0.29, 0.717) is 17.0 Å². The van der Waals surface area contributed by atoms with Crippen LogP contribution in [0.15, 0.2) is 41.3 Å². The summed E-state index contributed by atoms with van der Waals surface area (Å²) >= 11 is -2.39. The minimum absolute atomic E-state index is 0.00557. The number of nitrogens with one attached hydrogen (secondary N) is 2. The molecule has 0 saturated heterocycles. The maximum absolute atomic E-state index is 12.8. The number of hydrogen-bond donors (Lipinski definition) is 3. The monoisotopic (exact) mass is 530 g/mol. The highest BCUT2D eigenvalue weighted by molar-refractivity contribution is 7.79. The van der Waals surface area contributed by atoms with Crippen molar-refractivity contribution in [1.29, 1.82) is 0 Å². The topological polar surface area (TPSA) is 141 Å². The number of methoxy groups -OCH3 is 1. The molecule has 0 saturated carbocycles. The fourth-order valence-corrected chi connectivity index (χ4v) is 3.88. The quantitative estimate of drug-likeness (QED) is 0.355. The minimum Gasteiger partial charge on any atom is -0.768 e. The Morgan fingerprint density at radius 2 is 1.73 bits per heavy atom. The van der Waals surface area contributed by atoms with E-state index in [-0.39, 0.29) is 34.3 Å². The third kappa shape index (κ3) is 7.61. The summed E-state index contributed by atoms with van der Waals surface area (Å²) in [5, 5.41) is 24.9. The molecule has 1 aromatic heterocycles. The van der Waals surface area contributed by atoms with E-state index in [1.807, 2.05) is 27.7 Å². The van der Waals surface area contributed by atoms with Crippen LogP contribution in [0.3, 0.4) is 0 Å². The zero-order valence-electron chi connectivity index (χ0n) is 22.4. The molecular weight excluding hydrogens is 494 g/mol. The third-order valence-corrected chi connectivity index (χ3v) is 5.94. The first-order valence-corrected chi connectivity index (χ1v) is 13.2. The smallest absolute Gasteiger partial charge is 0.289 e. The van der Waals surface area contributed by atoms with Gasteiger partial charge in [0.25, 0.3) is 5.91 Å². The number of aromatic hydroxyl groups is 1. The molecule has 11 heteroatoms. The summed E-state index contributed by atoms with van der Waals surface area (Å²) in [7, 11) is 1.53. The lowest BCUT2D eigenvalue weighted by molar-refractivity contribution is 0.0930. The van der Waals surface area contributed by atoms with Crippen molar-refractivity contribution < 1.29 is 23.4 Å². The predicted molar refractivity (Wildman–Crippen MR) is 143 cm³/mol. The largest absolute Gasteiger partial charge is 0.768 e. The number of carbonyl (C=O) groups excluding carboxylic acids is 1. The summed E-state index contributed by atoms with van der Waals surface area (Å²) in [4.78, 5) is 12.9. The van der Waals surface area contributed by atoms with Crippen molar-refractivity contribution in [3.8, 4) is 28.6 Å². The number of rotatable bonds is 9. The molecule has 3 rings (SSSR count). The second-order valence-electron chi connectivity index (χ2n) is 8.76. The van der Waals surface area contributed by atoms with Crippen molar-refractivity contribution in [2.75, 3.05) is 20.2 Å². The first-order valence-electron chi connectivity index (χ1n) is 12.1. The minimum atomic E-state index is -2.39. The molecule has 0 aliphatic rings. The van der Waals surface area contributed by atoms with Gasteiger partial charge in [0.2, 0.25) is 5.82 Å². The molecule has 202 valence electrons. The Morgan fingerprint density at radius 3 is 2.19 bits per heavy atom. The number of amides is 1. The van der Waals surface area contributed by atoms with Crippen molar-refractivity contribution in [3.05, 3.63) is 47.8 Å². The second kappa shape index (κ2) is 13.9. The van der Waals surface area contributed by atoms with Gasteiger partial charge in [-0.25, -0.2) is 0 Å². The number of ether oxygens (including phenoxy) is 1. The van der Waals surface area contributed by atoms with Crippen molar-refractivity contribution in [1.82, 2.24) is 25.4 Å². The summed E-state index contributed by atoms with van der Waals surface area (Å²) in [5.41, 5.74) is 1.68. The van der Waals surface area contributed by atoms with Gasteiger partial charge in [0.1, 0.15) is 11.5 Å². The summed E-state index contributed by atoms with van der Waals surface area (Å²) < 4.78 is 29.4. The maximum atomic E-state index is 12.8. The molecular formula is C26H36N5O5S-. The highest BCUT2D eigenvalue weighted by atomic mass is 32.2. The lowest BCUT2D eigenvalue weighted by Gasteiger charge is -2.17. The fourth-order valence-electron chi connectivity index (χ4n) is 3.53. The average molecular weight is 531 g/mol. The van der Waals surface area contributed by atoms with E-state index in [1.165, 1.54) is 29.9 Å². The van der Waals surface area contributed by atoms with Crippen molar-refractivity contribution in [2.45, 2.75) is 58.4 Å². The van der Waals surface area contributed by atoms with Crippen LogP contribution in [0.1, 0.15) is 63.6 Å². The van der Waals surface area contributed by atoms with Crippen molar-refractivity contribution >= 4 is 17.0 Å². The van der Waals surface area contributed by atoms with Gasteiger partial charge in [0.05, 0.1) is 12.7 Å². The molecule has 1 heterocycles. The molecule has 0 aliphatic heterocycles. The molecule has 37 heavy (non-hydrogen) atoms. The first kappa shape index (κ1) is 29.9. The highest BCUT2D eigenvalue weighted by Crippen LogP contribution is 2.38. The Morgan fingerprint density at radius 1 is 1.11 bits per heavy atom. The van der Waals surface area contributed by atoms with Gasteiger partial charge < -0.3 is 25.0 Å². The van der Waals surface area contributed by atoms with Crippen LogP contribution >= 0.6 is 0 Å². The van der Waals surface area contributed by atoms with Gasteiger partial charge >= 0.3 is 0 Å². The number of carbonyl (C=O) groups is 1. The summed E-state index contributed by atoms with van der Waals surface area (Å²) in [6, 6.07) is 9.05. The van der Waals surface area contributed by atoms with E-state index < -0.39 is 17.0 Å². The first-order chi connectivity index (χ1) is 17.5. The van der Waals surface area contributed by atoms with Gasteiger partial charge in [-0.3, -0.25) is 13.6 Å². The van der Waals surface area contributed by atoms with Crippen molar-refractivity contribution in [3.63, 3.8) is 0 Å². The van der Waals surface area contributed by atoms with E-state index in [4.69, 9.17) is 4.74 Å². The van der Waals surface area contributed by atoms with Crippen LogP contribution in [0.25, 0.3) is 17.1 Å². The van der Waals surface area contributed by atoms with E-state index in [0.717, 1.165) is 18.7 Å². The van der Waals surface area contributed by atoms with Crippen molar-refractivity contribution in [2.24, 2.45) is 0 Å². The average Bonchev–Trinajstić information content (AvgIpc) is 3.29. The molecule has 0 spiro atoms. The molecule has 3 aromatic rings. The molecule has 1 atom stereocenters. The molecule has 2 aromatic carbocycles. The van der Waals surface area contributed by atoms with Gasteiger partial charge in [0, 0.05) is 22.7 Å². The molecule has 0 bridgehead atoms. The van der Waals surface area contributed by atoms with E-state index >= 15 is 0 Å². The Kier molecular flexibility index (Phi) is 11.2. The third-order valence-electron chi connectivity index (χ3n) is 5.28. The van der Waals surface area contributed by atoms with E-state index in [1.54, 1.807) is 18.2 Å². The standard InChI is InChI=1S/C22H26N4O5S.C4H11N/c1-12(2)16-10-17(18(27)11-19(16)31-5)20-24-25-21(22(28)23-13(3)4)26(20)14-6-8-15(9-7-14)32(29)30;1-3-5-4-2/h6-13,27H,1-5H3,(H,23,28)(H,29,30);5H,3-4H2,1-2H3/p-1.